The summed E-state index contributed by atoms with van der Waals surface area (Å²) >= 11 is 0. The van der Waals surface area contributed by atoms with Gasteiger partial charge in [-0.05, 0) is 43.4 Å². The molecule has 3 rings (SSSR count). The minimum atomic E-state index is 0.0166. The molecule has 2 aliphatic rings. The lowest BCUT2D eigenvalue weighted by Gasteiger charge is -2.36. The zero-order chi connectivity index (χ0) is 15.7. The quantitative estimate of drug-likeness (QED) is 0.804. The van der Waals surface area contributed by atoms with E-state index in [0.29, 0.717) is 13.1 Å². The fourth-order valence-corrected chi connectivity index (χ4v) is 3.54. The summed E-state index contributed by atoms with van der Waals surface area (Å²) in [5, 5.41) is 0. The van der Waals surface area contributed by atoms with Gasteiger partial charge in [0.2, 0.25) is 11.8 Å². The molecule has 0 aromatic heterocycles. The van der Waals surface area contributed by atoms with Gasteiger partial charge in [-0.3, -0.25) is 9.59 Å². The lowest BCUT2D eigenvalue weighted by atomic mass is 9.92. The topological polar surface area (TPSA) is 66.6 Å². The van der Waals surface area contributed by atoms with Crippen molar-refractivity contribution in [3.05, 3.63) is 23.8 Å². The third-order valence-corrected chi connectivity index (χ3v) is 4.84. The van der Waals surface area contributed by atoms with Crippen molar-refractivity contribution >= 4 is 23.2 Å². The van der Waals surface area contributed by atoms with E-state index < -0.39 is 0 Å². The van der Waals surface area contributed by atoms with Gasteiger partial charge in [0.1, 0.15) is 0 Å². The summed E-state index contributed by atoms with van der Waals surface area (Å²) < 4.78 is 0. The summed E-state index contributed by atoms with van der Waals surface area (Å²) in [6.07, 6.45) is 3.41. The Morgan fingerprint density at radius 1 is 1.18 bits per heavy atom. The molecule has 0 spiro atoms. The van der Waals surface area contributed by atoms with Gasteiger partial charge in [-0.1, -0.05) is 6.07 Å². The lowest BCUT2D eigenvalue weighted by molar-refractivity contribution is -0.133. The van der Waals surface area contributed by atoms with Crippen molar-refractivity contribution in [2.75, 3.05) is 30.3 Å². The first-order chi connectivity index (χ1) is 10.6. The molecule has 2 heterocycles. The maximum atomic E-state index is 12.9. The second-order valence-corrected chi connectivity index (χ2v) is 6.22. The van der Waals surface area contributed by atoms with Crippen molar-refractivity contribution in [2.24, 2.45) is 5.92 Å². The Morgan fingerprint density at radius 2 is 1.91 bits per heavy atom. The molecule has 118 valence electrons. The molecule has 0 unspecified atom stereocenters. The van der Waals surface area contributed by atoms with E-state index in [2.05, 4.69) is 0 Å². The summed E-state index contributed by atoms with van der Waals surface area (Å²) in [5.74, 6) is 0.305. The molecule has 5 heteroatoms. The third kappa shape index (κ3) is 2.67. The van der Waals surface area contributed by atoms with Gasteiger partial charge >= 0.3 is 0 Å². The largest absolute Gasteiger partial charge is 0.398 e. The molecular formula is C17H23N3O2. The normalized spacial score (nSPS) is 19.0. The summed E-state index contributed by atoms with van der Waals surface area (Å²) in [4.78, 5) is 28.0. The van der Waals surface area contributed by atoms with Crippen LogP contribution in [0.3, 0.4) is 0 Å². The number of rotatable bonds is 1. The molecule has 1 saturated heterocycles. The van der Waals surface area contributed by atoms with Gasteiger partial charge in [0, 0.05) is 43.9 Å². The van der Waals surface area contributed by atoms with E-state index in [1.807, 2.05) is 28.0 Å². The molecule has 2 amide bonds. The number of hydrogen-bond donors (Lipinski definition) is 1. The first-order valence-electron chi connectivity index (χ1n) is 8.02. The van der Waals surface area contributed by atoms with Crippen molar-refractivity contribution in [1.29, 1.82) is 0 Å². The van der Waals surface area contributed by atoms with Gasteiger partial charge in [-0.25, -0.2) is 0 Å². The maximum absolute atomic E-state index is 12.9. The number of piperidine rings is 1. The molecule has 5 nitrogen and oxygen atoms in total. The molecule has 1 fully saturated rings. The minimum Gasteiger partial charge on any atom is -0.398 e. The standard InChI is InChI=1S/C17H23N3O2/c1-12(21)19-10-7-13(8-11-19)17(22)20-9-3-4-14-15(18)5-2-6-16(14)20/h2,5-6,13H,3-4,7-11,18H2,1H3. The van der Waals surface area contributed by atoms with Crippen LogP contribution in [0.15, 0.2) is 18.2 Å². The van der Waals surface area contributed by atoms with E-state index in [9.17, 15) is 9.59 Å². The number of carbonyl (C=O) groups excluding carboxylic acids is 2. The number of anilines is 2. The molecule has 22 heavy (non-hydrogen) atoms. The average molecular weight is 301 g/mol. The molecule has 0 aliphatic carbocycles. The van der Waals surface area contributed by atoms with Crippen LogP contribution in [-0.2, 0) is 16.0 Å². The predicted octanol–water partition coefficient (Wildman–Crippen LogP) is 1.81. The average Bonchev–Trinajstić information content (AvgIpc) is 2.54. The number of likely N-dealkylation sites (tertiary alicyclic amines) is 1. The highest BCUT2D eigenvalue weighted by Gasteiger charge is 2.32. The van der Waals surface area contributed by atoms with Crippen LogP contribution >= 0.6 is 0 Å². The first-order valence-corrected chi connectivity index (χ1v) is 8.02. The predicted molar refractivity (Wildman–Crippen MR) is 86.5 cm³/mol. The molecule has 0 saturated carbocycles. The molecule has 0 bridgehead atoms. The second-order valence-electron chi connectivity index (χ2n) is 6.22. The Hall–Kier alpha value is -2.04. The highest BCUT2D eigenvalue weighted by molar-refractivity contribution is 5.97. The fourth-order valence-electron chi connectivity index (χ4n) is 3.54. The van der Waals surface area contributed by atoms with Gasteiger partial charge < -0.3 is 15.5 Å². The number of hydrogen-bond acceptors (Lipinski definition) is 3. The van der Waals surface area contributed by atoms with Crippen molar-refractivity contribution in [2.45, 2.75) is 32.6 Å². The number of benzene rings is 1. The minimum absolute atomic E-state index is 0.0166. The van der Waals surface area contributed by atoms with E-state index in [0.717, 1.165) is 49.2 Å². The van der Waals surface area contributed by atoms with Crippen LogP contribution in [0.25, 0.3) is 0 Å². The van der Waals surface area contributed by atoms with E-state index in [1.165, 1.54) is 0 Å². The molecule has 1 aromatic rings. The van der Waals surface area contributed by atoms with Crippen molar-refractivity contribution in [1.82, 2.24) is 4.90 Å². The van der Waals surface area contributed by atoms with E-state index in [4.69, 9.17) is 5.73 Å². The Balaban J connectivity index is 1.75. The van der Waals surface area contributed by atoms with Gasteiger partial charge in [0.05, 0.1) is 0 Å². The number of fused-ring (bicyclic) bond motifs is 1. The van der Waals surface area contributed by atoms with Gasteiger partial charge in [0.15, 0.2) is 0 Å². The van der Waals surface area contributed by atoms with Crippen LogP contribution in [0.2, 0.25) is 0 Å². The zero-order valence-corrected chi connectivity index (χ0v) is 13.0. The Bertz CT molecular complexity index is 592. The lowest BCUT2D eigenvalue weighted by Crippen LogP contribution is -2.45. The molecule has 2 N–H and O–H groups in total. The smallest absolute Gasteiger partial charge is 0.230 e. The zero-order valence-electron chi connectivity index (χ0n) is 13.0. The fraction of sp³-hybridized carbons (Fsp3) is 0.529. The number of nitrogen functional groups attached to an aromatic ring is 1. The second kappa shape index (κ2) is 5.99. The molecule has 0 atom stereocenters. The molecule has 0 radical (unpaired) electrons. The molecule has 1 aromatic carbocycles. The summed E-state index contributed by atoms with van der Waals surface area (Å²) in [6, 6.07) is 5.81. The van der Waals surface area contributed by atoms with E-state index in [-0.39, 0.29) is 17.7 Å². The summed E-state index contributed by atoms with van der Waals surface area (Å²) in [7, 11) is 0. The van der Waals surface area contributed by atoms with Gasteiger partial charge in [-0.2, -0.15) is 0 Å². The number of carbonyl (C=O) groups is 2. The van der Waals surface area contributed by atoms with Crippen molar-refractivity contribution < 1.29 is 9.59 Å². The monoisotopic (exact) mass is 301 g/mol. The first kappa shape index (κ1) is 14.9. The molecular weight excluding hydrogens is 278 g/mol. The van der Waals surface area contributed by atoms with Crippen molar-refractivity contribution in [3.63, 3.8) is 0 Å². The number of nitrogens with zero attached hydrogens (tertiary/aromatic N) is 2. The van der Waals surface area contributed by atoms with Gasteiger partial charge in [0.25, 0.3) is 0 Å². The van der Waals surface area contributed by atoms with Crippen LogP contribution < -0.4 is 10.6 Å². The number of amides is 2. The Morgan fingerprint density at radius 3 is 2.59 bits per heavy atom. The Kier molecular flexibility index (Phi) is 4.05. The van der Waals surface area contributed by atoms with Gasteiger partial charge in [-0.15, -0.1) is 0 Å². The SMILES string of the molecule is CC(=O)N1CCC(C(=O)N2CCCc3c(N)cccc32)CC1. The van der Waals surface area contributed by atoms with Crippen LogP contribution in [0, 0.1) is 5.92 Å². The maximum Gasteiger partial charge on any atom is 0.230 e. The summed E-state index contributed by atoms with van der Waals surface area (Å²) in [6.45, 7) is 3.72. The van der Waals surface area contributed by atoms with Crippen LogP contribution in [-0.4, -0.2) is 36.3 Å². The third-order valence-electron chi connectivity index (χ3n) is 4.84. The van der Waals surface area contributed by atoms with Crippen LogP contribution in [0.5, 0.6) is 0 Å². The Labute approximate surface area is 131 Å². The van der Waals surface area contributed by atoms with E-state index in [1.54, 1.807) is 6.92 Å². The number of nitrogens with two attached hydrogens (primary N) is 1. The highest BCUT2D eigenvalue weighted by Crippen LogP contribution is 2.33. The summed E-state index contributed by atoms with van der Waals surface area (Å²) in [5.41, 5.74) is 8.91. The van der Waals surface area contributed by atoms with Crippen molar-refractivity contribution in [3.8, 4) is 0 Å². The molecule has 2 aliphatic heterocycles. The van der Waals surface area contributed by atoms with Crippen LogP contribution in [0.4, 0.5) is 11.4 Å². The van der Waals surface area contributed by atoms with E-state index >= 15 is 0 Å². The van der Waals surface area contributed by atoms with Crippen LogP contribution in [0.1, 0.15) is 31.7 Å². The highest BCUT2D eigenvalue weighted by atomic mass is 16.2.